The van der Waals surface area contributed by atoms with Gasteiger partial charge in [-0.15, -0.1) is 0 Å². The smallest absolute Gasteiger partial charge is 0.417 e. The zero-order valence-electron chi connectivity index (χ0n) is 13.9. The topological polar surface area (TPSA) is 86.5 Å². The van der Waals surface area contributed by atoms with E-state index in [4.69, 9.17) is 9.47 Å². The van der Waals surface area contributed by atoms with Crippen molar-refractivity contribution in [2.24, 2.45) is 0 Å². The molecule has 1 aliphatic heterocycles. The number of carbonyl (C=O) groups excluding carboxylic acids is 2. The summed E-state index contributed by atoms with van der Waals surface area (Å²) >= 11 is 0. The highest BCUT2D eigenvalue weighted by atomic mass is 16.6. The minimum absolute atomic E-state index is 0.0895. The lowest BCUT2D eigenvalue weighted by Gasteiger charge is -2.23. The molecular weight excluding hydrogens is 312 g/mol. The van der Waals surface area contributed by atoms with Crippen molar-refractivity contribution < 1.29 is 19.1 Å². The Balaban J connectivity index is 1.80. The van der Waals surface area contributed by atoms with E-state index in [1.54, 1.807) is 52.4 Å². The molecule has 2 amide bonds. The maximum atomic E-state index is 12.4. The van der Waals surface area contributed by atoms with Gasteiger partial charge in [-0.05, 0) is 32.9 Å². The number of methoxy groups -OCH3 is 1. The van der Waals surface area contributed by atoms with Gasteiger partial charge in [0.15, 0.2) is 5.82 Å². The van der Waals surface area contributed by atoms with Crippen molar-refractivity contribution >= 4 is 12.0 Å². The van der Waals surface area contributed by atoms with Crippen molar-refractivity contribution in [2.75, 3.05) is 7.11 Å². The van der Waals surface area contributed by atoms with Crippen molar-refractivity contribution in [3.63, 3.8) is 0 Å². The van der Waals surface area contributed by atoms with Crippen LogP contribution in [0.5, 0.6) is 5.75 Å². The summed E-state index contributed by atoms with van der Waals surface area (Å²) in [5.41, 5.74) is 0.228. The second kappa shape index (κ2) is 5.63. The van der Waals surface area contributed by atoms with Gasteiger partial charge >= 0.3 is 6.09 Å². The molecule has 126 valence electrons. The van der Waals surface area contributed by atoms with Crippen LogP contribution < -0.4 is 4.74 Å². The van der Waals surface area contributed by atoms with Gasteiger partial charge in [0.2, 0.25) is 0 Å². The first-order valence-corrected chi connectivity index (χ1v) is 7.42. The lowest BCUT2D eigenvalue weighted by molar-refractivity contribution is 0.0246. The molecule has 0 unspecified atom stereocenters. The van der Waals surface area contributed by atoms with Crippen molar-refractivity contribution in [1.82, 2.24) is 19.7 Å². The highest BCUT2D eigenvalue weighted by Crippen LogP contribution is 2.25. The molecule has 2 aromatic heterocycles. The van der Waals surface area contributed by atoms with E-state index in [0.717, 1.165) is 4.90 Å². The lowest BCUT2D eigenvalue weighted by Crippen LogP contribution is -2.37. The lowest BCUT2D eigenvalue weighted by atomic mass is 10.2. The molecule has 8 nitrogen and oxygen atoms in total. The van der Waals surface area contributed by atoms with Gasteiger partial charge < -0.3 is 9.47 Å². The zero-order valence-corrected chi connectivity index (χ0v) is 13.9. The van der Waals surface area contributed by atoms with E-state index in [2.05, 4.69) is 10.1 Å². The number of imide groups is 1. The summed E-state index contributed by atoms with van der Waals surface area (Å²) in [6.07, 6.45) is 2.47. The third kappa shape index (κ3) is 2.94. The fraction of sp³-hybridized carbons (Fsp3) is 0.375. The average molecular weight is 330 g/mol. The number of aromatic nitrogens is 3. The van der Waals surface area contributed by atoms with Crippen LogP contribution in [-0.4, -0.2) is 44.4 Å². The second-order valence-corrected chi connectivity index (χ2v) is 6.36. The Morgan fingerprint density at radius 1 is 1.29 bits per heavy atom. The van der Waals surface area contributed by atoms with Gasteiger partial charge in [-0.2, -0.15) is 5.10 Å². The fourth-order valence-electron chi connectivity index (χ4n) is 2.28. The van der Waals surface area contributed by atoms with Gasteiger partial charge in [-0.3, -0.25) is 4.79 Å². The zero-order chi connectivity index (χ0) is 17.5. The maximum absolute atomic E-state index is 12.4. The predicted octanol–water partition coefficient (Wildman–Crippen LogP) is 2.17. The number of amides is 2. The van der Waals surface area contributed by atoms with E-state index in [1.165, 1.54) is 4.68 Å². The molecule has 0 aliphatic carbocycles. The van der Waals surface area contributed by atoms with Gasteiger partial charge in [-0.25, -0.2) is 19.4 Å². The summed E-state index contributed by atoms with van der Waals surface area (Å²) < 4.78 is 11.8. The van der Waals surface area contributed by atoms with E-state index in [-0.39, 0.29) is 6.54 Å². The van der Waals surface area contributed by atoms with Crippen LogP contribution in [0.1, 0.15) is 36.8 Å². The number of carbonyl (C=O) groups is 2. The van der Waals surface area contributed by atoms with Crippen molar-refractivity contribution in [3.05, 3.63) is 35.8 Å². The molecule has 1 aliphatic rings. The van der Waals surface area contributed by atoms with Crippen molar-refractivity contribution in [2.45, 2.75) is 32.9 Å². The number of pyridine rings is 1. The summed E-state index contributed by atoms with van der Waals surface area (Å²) in [6.45, 7) is 5.34. The third-order valence-corrected chi connectivity index (χ3v) is 3.38. The molecule has 0 saturated heterocycles. The van der Waals surface area contributed by atoms with Crippen LogP contribution in [0, 0.1) is 0 Å². The van der Waals surface area contributed by atoms with Crippen LogP contribution in [-0.2, 0) is 11.3 Å². The van der Waals surface area contributed by atoms with Gasteiger partial charge in [0.05, 0.1) is 31.1 Å². The van der Waals surface area contributed by atoms with E-state index in [9.17, 15) is 9.59 Å². The Hall–Kier alpha value is -2.90. The standard InChI is InChI=1S/C16H18N4O4/c1-16(2,3)24-15(22)19-9-12-11(14(19)21)8-20(18-12)13-6-5-10(23-4)7-17-13/h5-8H,9H2,1-4H3. The molecule has 0 spiro atoms. The van der Waals surface area contributed by atoms with E-state index in [1.807, 2.05) is 0 Å². The molecule has 0 radical (unpaired) electrons. The van der Waals surface area contributed by atoms with Gasteiger partial charge in [0.25, 0.3) is 5.91 Å². The molecule has 0 atom stereocenters. The number of fused-ring (bicyclic) bond motifs is 1. The Bertz CT molecular complexity index is 789. The molecule has 2 aromatic rings. The summed E-state index contributed by atoms with van der Waals surface area (Å²) in [4.78, 5) is 29.8. The maximum Gasteiger partial charge on any atom is 0.417 e. The van der Waals surface area contributed by atoms with Crippen LogP contribution >= 0.6 is 0 Å². The number of ether oxygens (including phenoxy) is 2. The largest absolute Gasteiger partial charge is 0.495 e. The summed E-state index contributed by atoms with van der Waals surface area (Å²) in [5, 5.41) is 4.34. The molecule has 3 heterocycles. The normalized spacial score (nSPS) is 13.8. The highest BCUT2D eigenvalue weighted by molar-refractivity contribution is 6.06. The molecule has 0 aromatic carbocycles. The molecule has 8 heteroatoms. The summed E-state index contributed by atoms with van der Waals surface area (Å²) in [6, 6.07) is 3.49. The van der Waals surface area contributed by atoms with E-state index in [0.29, 0.717) is 22.8 Å². The van der Waals surface area contributed by atoms with E-state index < -0.39 is 17.6 Å². The van der Waals surface area contributed by atoms with Crippen LogP contribution in [0.4, 0.5) is 4.79 Å². The monoisotopic (exact) mass is 330 g/mol. The van der Waals surface area contributed by atoms with E-state index >= 15 is 0 Å². The second-order valence-electron chi connectivity index (χ2n) is 6.36. The number of hydrogen-bond donors (Lipinski definition) is 0. The summed E-state index contributed by atoms with van der Waals surface area (Å²) in [7, 11) is 1.56. The Morgan fingerprint density at radius 2 is 2.04 bits per heavy atom. The fourth-order valence-corrected chi connectivity index (χ4v) is 2.28. The van der Waals surface area contributed by atoms with Crippen LogP contribution in [0.2, 0.25) is 0 Å². The molecule has 0 N–H and O–H groups in total. The first-order valence-electron chi connectivity index (χ1n) is 7.42. The van der Waals surface area contributed by atoms with Gasteiger partial charge in [0, 0.05) is 6.20 Å². The minimum Gasteiger partial charge on any atom is -0.495 e. The van der Waals surface area contributed by atoms with Crippen molar-refractivity contribution in [3.8, 4) is 11.6 Å². The minimum atomic E-state index is -0.667. The first kappa shape index (κ1) is 16.0. The first-order chi connectivity index (χ1) is 11.3. The van der Waals surface area contributed by atoms with Crippen LogP contribution in [0.15, 0.2) is 24.5 Å². The van der Waals surface area contributed by atoms with Gasteiger partial charge in [-0.1, -0.05) is 0 Å². The van der Waals surface area contributed by atoms with Crippen molar-refractivity contribution in [1.29, 1.82) is 0 Å². The van der Waals surface area contributed by atoms with Crippen LogP contribution in [0.3, 0.4) is 0 Å². The quantitative estimate of drug-likeness (QED) is 0.839. The Morgan fingerprint density at radius 3 is 2.58 bits per heavy atom. The molecule has 24 heavy (non-hydrogen) atoms. The number of rotatable bonds is 2. The average Bonchev–Trinajstić information content (AvgIpc) is 3.06. The molecule has 0 saturated carbocycles. The summed E-state index contributed by atoms with van der Waals surface area (Å²) in [5.74, 6) is 0.770. The molecular formula is C16H18N4O4. The number of hydrogen-bond acceptors (Lipinski definition) is 6. The SMILES string of the molecule is COc1ccc(-n2cc3c(n2)CN(C(=O)OC(C)(C)C)C3=O)nc1. The molecule has 0 fully saturated rings. The Labute approximate surface area is 139 Å². The predicted molar refractivity (Wildman–Crippen MR) is 84.0 cm³/mol. The highest BCUT2D eigenvalue weighted by Gasteiger charge is 2.37. The van der Waals surface area contributed by atoms with Crippen LogP contribution in [0.25, 0.3) is 5.82 Å². The van der Waals surface area contributed by atoms with Gasteiger partial charge in [0.1, 0.15) is 11.4 Å². The molecule has 0 bridgehead atoms. The third-order valence-electron chi connectivity index (χ3n) is 3.38. The number of nitrogens with zero attached hydrogens (tertiary/aromatic N) is 4. The molecule has 3 rings (SSSR count). The Kier molecular flexibility index (Phi) is 3.75.